The number of benzene rings is 1. The standard InChI is InChI=1S/C12H11BrFN3O.ClH/c13-7-2-3-8(9(14)6-7)10-16-11(17-18-10)12(15)4-1-5-12;/h2-3,6H,1,4-5,15H2;1H. The summed E-state index contributed by atoms with van der Waals surface area (Å²) in [4.78, 5) is 4.21. The van der Waals surface area contributed by atoms with Gasteiger partial charge >= 0.3 is 0 Å². The van der Waals surface area contributed by atoms with E-state index in [4.69, 9.17) is 10.3 Å². The van der Waals surface area contributed by atoms with Gasteiger partial charge in [-0.3, -0.25) is 0 Å². The van der Waals surface area contributed by atoms with E-state index >= 15 is 0 Å². The molecule has 4 nitrogen and oxygen atoms in total. The minimum Gasteiger partial charge on any atom is -0.334 e. The second-order valence-electron chi connectivity index (χ2n) is 4.56. The van der Waals surface area contributed by atoms with Crippen molar-refractivity contribution in [1.29, 1.82) is 0 Å². The number of rotatable bonds is 2. The normalized spacial score (nSPS) is 16.6. The molecule has 3 rings (SSSR count). The summed E-state index contributed by atoms with van der Waals surface area (Å²) in [6.07, 6.45) is 2.75. The van der Waals surface area contributed by atoms with Crippen LogP contribution >= 0.6 is 28.3 Å². The molecule has 1 aromatic heterocycles. The number of nitrogens with zero attached hydrogens (tertiary/aromatic N) is 2. The zero-order valence-corrected chi connectivity index (χ0v) is 12.3. The molecule has 2 aromatic rings. The Hall–Kier alpha value is -0.980. The molecule has 0 amide bonds. The summed E-state index contributed by atoms with van der Waals surface area (Å²) in [6.45, 7) is 0. The summed E-state index contributed by atoms with van der Waals surface area (Å²) in [7, 11) is 0. The van der Waals surface area contributed by atoms with Crippen LogP contribution < -0.4 is 5.73 Å². The van der Waals surface area contributed by atoms with E-state index in [1.807, 2.05) is 0 Å². The van der Waals surface area contributed by atoms with Gasteiger partial charge in [-0.05, 0) is 37.5 Å². The third-order valence-electron chi connectivity index (χ3n) is 3.28. The SMILES string of the molecule is Cl.NC1(c2noc(-c3ccc(Br)cc3F)n2)CCC1. The van der Waals surface area contributed by atoms with Crippen molar-refractivity contribution in [3.63, 3.8) is 0 Å². The topological polar surface area (TPSA) is 64.9 Å². The predicted molar refractivity (Wildman–Crippen MR) is 74.4 cm³/mol. The summed E-state index contributed by atoms with van der Waals surface area (Å²) in [5, 5.41) is 3.86. The molecular formula is C12H12BrClFN3O. The number of hydrogen-bond donors (Lipinski definition) is 1. The Morgan fingerprint density at radius 2 is 2.11 bits per heavy atom. The van der Waals surface area contributed by atoms with Crippen LogP contribution in [0.25, 0.3) is 11.5 Å². The third kappa shape index (κ3) is 2.52. The quantitative estimate of drug-likeness (QED) is 0.903. The second kappa shape index (κ2) is 5.19. The van der Waals surface area contributed by atoms with Gasteiger partial charge in [0.2, 0.25) is 0 Å². The highest BCUT2D eigenvalue weighted by Gasteiger charge is 2.39. The maximum absolute atomic E-state index is 13.7. The van der Waals surface area contributed by atoms with Crippen LogP contribution in [0.3, 0.4) is 0 Å². The highest BCUT2D eigenvalue weighted by molar-refractivity contribution is 9.10. The maximum atomic E-state index is 13.7. The molecule has 0 aliphatic heterocycles. The van der Waals surface area contributed by atoms with Crippen LogP contribution in [0, 0.1) is 5.82 Å². The van der Waals surface area contributed by atoms with Crippen LogP contribution in [-0.4, -0.2) is 10.1 Å². The number of aromatic nitrogens is 2. The Morgan fingerprint density at radius 3 is 2.68 bits per heavy atom. The molecule has 1 aliphatic carbocycles. The first kappa shape index (κ1) is 14.4. The lowest BCUT2D eigenvalue weighted by Crippen LogP contribution is -2.44. The molecule has 7 heteroatoms. The molecule has 19 heavy (non-hydrogen) atoms. The van der Waals surface area contributed by atoms with E-state index in [1.54, 1.807) is 12.1 Å². The zero-order chi connectivity index (χ0) is 12.8. The minimum atomic E-state index is -0.492. The highest BCUT2D eigenvalue weighted by Crippen LogP contribution is 2.37. The molecule has 1 heterocycles. The molecule has 0 bridgehead atoms. The number of halogens is 3. The monoisotopic (exact) mass is 347 g/mol. The highest BCUT2D eigenvalue weighted by atomic mass is 79.9. The van der Waals surface area contributed by atoms with Crippen LogP contribution in [-0.2, 0) is 5.54 Å². The van der Waals surface area contributed by atoms with Gasteiger partial charge in [-0.25, -0.2) is 4.39 Å². The van der Waals surface area contributed by atoms with Crippen LogP contribution in [0.2, 0.25) is 0 Å². The number of hydrogen-bond acceptors (Lipinski definition) is 4. The lowest BCUT2D eigenvalue weighted by molar-refractivity contribution is 0.229. The van der Waals surface area contributed by atoms with E-state index in [1.165, 1.54) is 6.07 Å². The lowest BCUT2D eigenvalue weighted by atomic mass is 9.77. The fourth-order valence-electron chi connectivity index (χ4n) is 1.98. The Balaban J connectivity index is 0.00000133. The molecule has 0 atom stereocenters. The van der Waals surface area contributed by atoms with E-state index in [9.17, 15) is 4.39 Å². The Morgan fingerprint density at radius 1 is 1.37 bits per heavy atom. The summed E-state index contributed by atoms with van der Waals surface area (Å²) < 4.78 is 19.5. The first-order valence-electron chi connectivity index (χ1n) is 5.67. The molecule has 1 aliphatic rings. The minimum absolute atomic E-state index is 0. The summed E-state index contributed by atoms with van der Waals surface area (Å²) >= 11 is 3.20. The van der Waals surface area contributed by atoms with Gasteiger partial charge in [0.25, 0.3) is 5.89 Å². The Labute approximate surface area is 124 Å². The first-order chi connectivity index (χ1) is 8.58. The zero-order valence-electron chi connectivity index (χ0n) is 9.90. The maximum Gasteiger partial charge on any atom is 0.260 e. The van der Waals surface area contributed by atoms with Crippen molar-refractivity contribution < 1.29 is 8.91 Å². The van der Waals surface area contributed by atoms with Crippen molar-refractivity contribution in [2.24, 2.45) is 5.73 Å². The van der Waals surface area contributed by atoms with Gasteiger partial charge in [0, 0.05) is 4.47 Å². The Bertz CT molecular complexity index is 600. The fourth-order valence-corrected chi connectivity index (χ4v) is 2.31. The third-order valence-corrected chi connectivity index (χ3v) is 3.77. The van der Waals surface area contributed by atoms with E-state index in [2.05, 4.69) is 26.1 Å². The van der Waals surface area contributed by atoms with Gasteiger partial charge in [-0.15, -0.1) is 12.4 Å². The van der Waals surface area contributed by atoms with Gasteiger partial charge in [-0.1, -0.05) is 21.1 Å². The van der Waals surface area contributed by atoms with E-state index in [0.29, 0.717) is 15.9 Å². The fraction of sp³-hybridized carbons (Fsp3) is 0.333. The molecule has 0 radical (unpaired) electrons. The first-order valence-corrected chi connectivity index (χ1v) is 6.46. The van der Waals surface area contributed by atoms with Crippen LogP contribution in [0.4, 0.5) is 4.39 Å². The summed E-state index contributed by atoms with van der Waals surface area (Å²) in [5.41, 5.74) is 5.89. The van der Waals surface area contributed by atoms with Crippen LogP contribution in [0.1, 0.15) is 25.1 Å². The smallest absolute Gasteiger partial charge is 0.260 e. The van der Waals surface area contributed by atoms with Crippen molar-refractivity contribution >= 4 is 28.3 Å². The van der Waals surface area contributed by atoms with Crippen LogP contribution in [0.5, 0.6) is 0 Å². The van der Waals surface area contributed by atoms with E-state index in [0.717, 1.165) is 19.3 Å². The number of nitrogens with two attached hydrogens (primary N) is 1. The van der Waals surface area contributed by atoms with Crippen LogP contribution in [0.15, 0.2) is 27.2 Å². The summed E-state index contributed by atoms with van der Waals surface area (Å²) in [6, 6.07) is 4.69. The largest absolute Gasteiger partial charge is 0.334 e. The molecule has 1 aromatic carbocycles. The second-order valence-corrected chi connectivity index (χ2v) is 5.47. The predicted octanol–water partition coefficient (Wildman–Crippen LogP) is 3.40. The van der Waals surface area contributed by atoms with Gasteiger partial charge in [0.05, 0.1) is 11.1 Å². The van der Waals surface area contributed by atoms with Gasteiger partial charge in [0.1, 0.15) is 5.82 Å². The van der Waals surface area contributed by atoms with Gasteiger partial charge in [-0.2, -0.15) is 4.98 Å². The van der Waals surface area contributed by atoms with Crippen molar-refractivity contribution in [3.05, 3.63) is 34.3 Å². The molecule has 2 N–H and O–H groups in total. The lowest BCUT2D eigenvalue weighted by Gasteiger charge is -2.34. The molecule has 0 saturated heterocycles. The van der Waals surface area contributed by atoms with E-state index < -0.39 is 11.4 Å². The van der Waals surface area contributed by atoms with Gasteiger partial charge in [0.15, 0.2) is 5.82 Å². The van der Waals surface area contributed by atoms with E-state index in [-0.39, 0.29) is 18.3 Å². The van der Waals surface area contributed by atoms with Crippen molar-refractivity contribution in [2.45, 2.75) is 24.8 Å². The molecule has 102 valence electrons. The molecule has 0 unspecified atom stereocenters. The average molecular weight is 349 g/mol. The molecular weight excluding hydrogens is 337 g/mol. The summed E-state index contributed by atoms with van der Waals surface area (Å²) in [5.74, 6) is 0.233. The molecule has 0 spiro atoms. The molecule has 1 fully saturated rings. The van der Waals surface area contributed by atoms with Crippen molar-refractivity contribution in [1.82, 2.24) is 10.1 Å². The van der Waals surface area contributed by atoms with Crippen molar-refractivity contribution in [2.75, 3.05) is 0 Å². The van der Waals surface area contributed by atoms with Crippen molar-refractivity contribution in [3.8, 4) is 11.5 Å². The molecule has 1 saturated carbocycles. The Kier molecular flexibility index (Phi) is 3.94. The van der Waals surface area contributed by atoms with Gasteiger partial charge < -0.3 is 10.3 Å². The average Bonchev–Trinajstić information content (AvgIpc) is 2.75.